The fraction of sp³-hybridized carbons (Fsp3) is 0.364. The van der Waals surface area contributed by atoms with Crippen molar-refractivity contribution in [3.8, 4) is 0 Å². The molecule has 2 aromatic rings. The molecule has 2 rings (SSSR count). The van der Waals surface area contributed by atoms with Gasteiger partial charge in [0, 0.05) is 6.92 Å². The van der Waals surface area contributed by atoms with Gasteiger partial charge in [-0.1, -0.05) is 7.43 Å². The average Bonchev–Trinajstić information content (AvgIpc) is 2.72. The predicted octanol–water partition coefficient (Wildman–Crippen LogP) is -1.45. The third-order valence-electron chi connectivity index (χ3n) is 2.43. The highest BCUT2D eigenvalue weighted by Crippen LogP contribution is 2.05. The van der Waals surface area contributed by atoms with Gasteiger partial charge < -0.3 is 20.9 Å². The molecule has 0 aliphatic rings. The number of carbonyl (C=O) groups excluding carboxylic acids is 2. The summed E-state index contributed by atoms with van der Waals surface area (Å²) in [4.78, 5) is 44.0. The van der Waals surface area contributed by atoms with Crippen LogP contribution in [0.2, 0.25) is 0 Å². The lowest BCUT2D eigenvalue weighted by atomic mass is 10.5. The topological polar surface area (TPSA) is 148 Å². The number of aromatic amines is 1. The van der Waals surface area contributed by atoms with Crippen LogP contribution < -0.4 is 21.9 Å². The van der Waals surface area contributed by atoms with E-state index in [0.717, 1.165) is 0 Å². The number of nitrogens with one attached hydrogen (secondary N) is 3. The van der Waals surface area contributed by atoms with Crippen LogP contribution >= 0.6 is 0 Å². The number of rotatable bonds is 4. The van der Waals surface area contributed by atoms with E-state index in [0.29, 0.717) is 0 Å². The van der Waals surface area contributed by atoms with Crippen LogP contribution in [0, 0.1) is 0 Å². The van der Waals surface area contributed by atoms with E-state index in [2.05, 4.69) is 25.6 Å². The first-order chi connectivity index (χ1) is 9.47. The van der Waals surface area contributed by atoms with Crippen LogP contribution in [-0.4, -0.2) is 38.0 Å². The molecule has 0 bridgehead atoms. The lowest BCUT2D eigenvalue weighted by molar-refractivity contribution is -0.122. The molecule has 0 unspecified atom stereocenters. The van der Waals surface area contributed by atoms with Gasteiger partial charge in [0.15, 0.2) is 11.2 Å². The number of nitrogens with two attached hydrogens (primary N) is 1. The number of hydrogen-bond acceptors (Lipinski definition) is 6. The summed E-state index contributed by atoms with van der Waals surface area (Å²) in [5.74, 6) is -0.666. The van der Waals surface area contributed by atoms with Gasteiger partial charge in [0.25, 0.3) is 5.56 Å². The van der Waals surface area contributed by atoms with Gasteiger partial charge in [0.2, 0.25) is 17.8 Å². The van der Waals surface area contributed by atoms with E-state index in [4.69, 9.17) is 5.73 Å². The Bertz CT molecular complexity index is 718. The SMILES string of the molecule is C.CC(=O)NCNC(=O)Cn1cnc2c(=O)[nH]c(N)nc21. The molecule has 0 radical (unpaired) electrons. The number of nitrogens with zero attached hydrogens (tertiary/aromatic N) is 3. The Morgan fingerprint density at radius 3 is 2.81 bits per heavy atom. The van der Waals surface area contributed by atoms with Crippen LogP contribution in [0.25, 0.3) is 11.2 Å². The summed E-state index contributed by atoms with van der Waals surface area (Å²) >= 11 is 0. The number of amides is 2. The van der Waals surface area contributed by atoms with Gasteiger partial charge in [-0.3, -0.25) is 19.4 Å². The van der Waals surface area contributed by atoms with Crippen LogP contribution in [0.4, 0.5) is 5.95 Å². The standard InChI is InChI=1S/C10H13N7O3.CH4/c1-5(18)12-3-13-6(19)2-17-4-14-7-8(17)15-10(11)16-9(7)20;/h4H,2-3H2,1H3,(H,12,18)(H,13,19)(H3,11,15,16,20);1H4. The zero-order chi connectivity index (χ0) is 14.7. The normalized spacial score (nSPS) is 9.95. The van der Waals surface area contributed by atoms with Gasteiger partial charge in [-0.2, -0.15) is 4.98 Å². The minimum atomic E-state index is -0.468. The molecule has 0 spiro atoms. The van der Waals surface area contributed by atoms with Crippen LogP contribution in [0.1, 0.15) is 14.4 Å². The first-order valence-corrected chi connectivity index (χ1v) is 5.69. The van der Waals surface area contributed by atoms with E-state index in [1.54, 1.807) is 0 Å². The second-order valence-corrected chi connectivity index (χ2v) is 4.01. The van der Waals surface area contributed by atoms with Gasteiger partial charge in [-0.05, 0) is 0 Å². The second kappa shape index (κ2) is 6.50. The summed E-state index contributed by atoms with van der Waals surface area (Å²) in [5, 5.41) is 4.91. The molecule has 0 atom stereocenters. The highest BCUT2D eigenvalue weighted by Gasteiger charge is 2.11. The number of anilines is 1. The van der Waals surface area contributed by atoms with E-state index in [1.807, 2.05) is 0 Å². The number of aromatic nitrogens is 4. The Morgan fingerprint density at radius 2 is 2.14 bits per heavy atom. The molecule has 21 heavy (non-hydrogen) atoms. The highest BCUT2D eigenvalue weighted by molar-refractivity contribution is 5.79. The van der Waals surface area contributed by atoms with Crippen molar-refractivity contribution in [2.75, 3.05) is 12.4 Å². The summed E-state index contributed by atoms with van der Waals surface area (Å²) in [5.41, 5.74) is 5.30. The summed E-state index contributed by atoms with van der Waals surface area (Å²) in [6.45, 7) is 1.28. The zero-order valence-electron chi connectivity index (χ0n) is 10.6. The van der Waals surface area contributed by atoms with Gasteiger partial charge >= 0.3 is 0 Å². The van der Waals surface area contributed by atoms with Crippen molar-refractivity contribution in [3.63, 3.8) is 0 Å². The molecule has 0 aliphatic carbocycles. The number of nitrogen functional groups attached to an aromatic ring is 1. The van der Waals surface area contributed by atoms with Crippen molar-refractivity contribution in [1.29, 1.82) is 0 Å². The van der Waals surface area contributed by atoms with Gasteiger partial charge in [0.05, 0.1) is 13.0 Å². The molecule has 0 aromatic carbocycles. The largest absolute Gasteiger partial charge is 0.369 e. The minimum absolute atomic E-state index is 0. The zero-order valence-corrected chi connectivity index (χ0v) is 10.6. The van der Waals surface area contributed by atoms with E-state index < -0.39 is 5.56 Å². The lowest BCUT2D eigenvalue weighted by Gasteiger charge is -2.06. The Balaban J connectivity index is 0.00000220. The van der Waals surface area contributed by atoms with Gasteiger partial charge in [-0.25, -0.2) is 4.98 Å². The summed E-state index contributed by atoms with van der Waals surface area (Å²) in [6, 6.07) is 0. The minimum Gasteiger partial charge on any atom is -0.369 e. The monoisotopic (exact) mass is 295 g/mol. The Kier molecular flexibility index (Phi) is 5.00. The van der Waals surface area contributed by atoms with Crippen molar-refractivity contribution in [3.05, 3.63) is 16.7 Å². The molecule has 10 heteroatoms. The molecule has 10 nitrogen and oxygen atoms in total. The third kappa shape index (κ3) is 3.78. The molecule has 2 heterocycles. The highest BCUT2D eigenvalue weighted by atomic mass is 16.2. The number of H-pyrrole nitrogens is 1. The van der Waals surface area contributed by atoms with E-state index >= 15 is 0 Å². The molecule has 0 saturated carbocycles. The first-order valence-electron chi connectivity index (χ1n) is 5.69. The molecule has 114 valence electrons. The molecule has 0 aliphatic heterocycles. The van der Waals surface area contributed by atoms with Crippen molar-refractivity contribution >= 4 is 28.9 Å². The van der Waals surface area contributed by atoms with Gasteiger partial charge in [0.1, 0.15) is 6.54 Å². The number of carbonyl (C=O) groups is 2. The number of imidazole rings is 1. The summed E-state index contributed by atoms with van der Waals surface area (Å²) in [7, 11) is 0. The second-order valence-electron chi connectivity index (χ2n) is 4.01. The van der Waals surface area contributed by atoms with Gasteiger partial charge in [-0.15, -0.1) is 0 Å². The van der Waals surface area contributed by atoms with Crippen molar-refractivity contribution in [2.45, 2.75) is 20.9 Å². The summed E-state index contributed by atoms with van der Waals surface area (Å²) in [6.07, 6.45) is 1.32. The molecule has 2 amide bonds. The third-order valence-corrected chi connectivity index (χ3v) is 2.43. The maximum atomic E-state index is 11.6. The molecule has 0 saturated heterocycles. The fourth-order valence-corrected chi connectivity index (χ4v) is 1.56. The number of fused-ring (bicyclic) bond motifs is 1. The Morgan fingerprint density at radius 1 is 1.43 bits per heavy atom. The van der Waals surface area contributed by atoms with E-state index in [-0.39, 0.29) is 49.6 Å². The molecule has 2 aromatic heterocycles. The van der Waals surface area contributed by atoms with Crippen molar-refractivity contribution in [2.24, 2.45) is 0 Å². The van der Waals surface area contributed by atoms with Crippen LogP contribution in [0.3, 0.4) is 0 Å². The first kappa shape index (κ1) is 16.1. The quantitative estimate of drug-likeness (QED) is 0.507. The number of hydrogen-bond donors (Lipinski definition) is 4. The summed E-state index contributed by atoms with van der Waals surface area (Å²) < 4.78 is 1.39. The van der Waals surface area contributed by atoms with Crippen molar-refractivity contribution < 1.29 is 9.59 Å². The maximum absolute atomic E-state index is 11.6. The van der Waals surface area contributed by atoms with Crippen LogP contribution in [0.5, 0.6) is 0 Å². The fourth-order valence-electron chi connectivity index (χ4n) is 1.56. The van der Waals surface area contributed by atoms with Crippen molar-refractivity contribution in [1.82, 2.24) is 30.2 Å². The predicted molar refractivity (Wildman–Crippen MR) is 76.1 cm³/mol. The molecule has 0 fully saturated rings. The van der Waals surface area contributed by atoms with E-state index in [9.17, 15) is 14.4 Å². The molecule has 5 N–H and O–H groups in total. The smallest absolute Gasteiger partial charge is 0.280 e. The Labute approximate surface area is 119 Å². The van der Waals surface area contributed by atoms with Crippen LogP contribution in [-0.2, 0) is 16.1 Å². The molecular formula is C11H17N7O3. The molecular weight excluding hydrogens is 278 g/mol. The average molecular weight is 295 g/mol. The lowest BCUT2D eigenvalue weighted by Crippen LogP contribution is -2.37. The van der Waals surface area contributed by atoms with Crippen LogP contribution in [0.15, 0.2) is 11.1 Å². The van der Waals surface area contributed by atoms with E-state index in [1.165, 1.54) is 17.8 Å². The Hall–Kier alpha value is -2.91. The maximum Gasteiger partial charge on any atom is 0.280 e.